The normalized spacial score (nSPS) is 13.7. The average molecular weight is 352 g/mol. The van der Waals surface area contributed by atoms with Gasteiger partial charge in [-0.25, -0.2) is 4.98 Å². The van der Waals surface area contributed by atoms with E-state index in [0.29, 0.717) is 18.3 Å². The van der Waals surface area contributed by atoms with Gasteiger partial charge in [-0.2, -0.15) is 0 Å². The molecule has 4 nitrogen and oxygen atoms in total. The zero-order valence-electron chi connectivity index (χ0n) is 15.9. The second kappa shape index (κ2) is 8.37. The van der Waals surface area contributed by atoms with Gasteiger partial charge in [-0.1, -0.05) is 38.1 Å². The summed E-state index contributed by atoms with van der Waals surface area (Å²) in [5.41, 5.74) is 3.33. The van der Waals surface area contributed by atoms with Gasteiger partial charge in [0.05, 0.1) is 17.6 Å². The monoisotopic (exact) mass is 352 g/mol. The summed E-state index contributed by atoms with van der Waals surface area (Å²) in [5, 5.41) is 10.0. The Hall–Kier alpha value is -2.33. The van der Waals surface area contributed by atoms with Gasteiger partial charge >= 0.3 is 0 Å². The molecule has 1 heterocycles. The minimum atomic E-state index is -0.587. The molecule has 2 atom stereocenters. The van der Waals surface area contributed by atoms with Crippen LogP contribution in [0.5, 0.6) is 5.75 Å². The number of aliphatic hydroxyl groups excluding tert-OH is 1. The minimum absolute atomic E-state index is 0.581. The van der Waals surface area contributed by atoms with E-state index in [1.807, 2.05) is 24.3 Å². The molecule has 0 radical (unpaired) electrons. The van der Waals surface area contributed by atoms with E-state index >= 15 is 0 Å². The van der Waals surface area contributed by atoms with E-state index in [4.69, 9.17) is 4.74 Å². The molecule has 3 aromatic rings. The van der Waals surface area contributed by atoms with Crippen molar-refractivity contribution in [3.05, 3.63) is 59.9 Å². The number of hydrogen-bond acceptors (Lipinski definition) is 3. The lowest BCUT2D eigenvalue weighted by Crippen LogP contribution is -2.10. The highest BCUT2D eigenvalue weighted by Gasteiger charge is 2.14. The van der Waals surface area contributed by atoms with Crippen molar-refractivity contribution in [2.75, 3.05) is 6.61 Å². The summed E-state index contributed by atoms with van der Waals surface area (Å²) in [6, 6.07) is 16.4. The first kappa shape index (κ1) is 18.5. The third-order valence-corrected chi connectivity index (χ3v) is 4.91. The van der Waals surface area contributed by atoms with Gasteiger partial charge in [-0.05, 0) is 55.5 Å². The van der Waals surface area contributed by atoms with Crippen molar-refractivity contribution < 1.29 is 9.84 Å². The number of para-hydroxylation sites is 2. The Morgan fingerprint density at radius 1 is 1.08 bits per heavy atom. The summed E-state index contributed by atoms with van der Waals surface area (Å²) in [6.07, 6.45) is 1.41. The maximum Gasteiger partial charge on any atom is 0.138 e. The van der Waals surface area contributed by atoms with Crippen LogP contribution in [0.2, 0.25) is 0 Å². The summed E-state index contributed by atoms with van der Waals surface area (Å²) in [5.74, 6) is 2.20. The van der Waals surface area contributed by atoms with E-state index in [-0.39, 0.29) is 0 Å². The van der Waals surface area contributed by atoms with Crippen molar-refractivity contribution in [3.8, 4) is 5.75 Å². The second-order valence-electron chi connectivity index (χ2n) is 6.87. The van der Waals surface area contributed by atoms with Gasteiger partial charge in [0.1, 0.15) is 17.7 Å². The Morgan fingerprint density at radius 3 is 2.50 bits per heavy atom. The van der Waals surface area contributed by atoms with Crippen LogP contribution in [0.15, 0.2) is 48.5 Å². The number of aliphatic hydroxyl groups is 1. The topological polar surface area (TPSA) is 47.3 Å². The van der Waals surface area contributed by atoms with Crippen LogP contribution in [0.3, 0.4) is 0 Å². The predicted molar refractivity (Wildman–Crippen MR) is 106 cm³/mol. The molecule has 0 saturated carbocycles. The van der Waals surface area contributed by atoms with Crippen LogP contribution in [0, 0.1) is 0 Å². The van der Waals surface area contributed by atoms with E-state index in [1.54, 1.807) is 6.92 Å². The summed E-state index contributed by atoms with van der Waals surface area (Å²) >= 11 is 0. The quantitative estimate of drug-likeness (QED) is 0.576. The Bertz CT molecular complexity index is 837. The molecule has 1 aromatic heterocycles. The Labute approximate surface area is 155 Å². The molecule has 0 aliphatic carbocycles. The molecule has 0 amide bonds. The lowest BCUT2D eigenvalue weighted by molar-refractivity contribution is 0.183. The predicted octanol–water partition coefficient (Wildman–Crippen LogP) is 5.07. The molecular formula is C22H28N2O2. The lowest BCUT2D eigenvalue weighted by Gasteiger charge is -2.13. The van der Waals surface area contributed by atoms with E-state index in [2.05, 4.69) is 47.7 Å². The number of aryl methyl sites for hydroxylation is 1. The van der Waals surface area contributed by atoms with Gasteiger partial charge in [0.25, 0.3) is 0 Å². The molecule has 2 unspecified atom stereocenters. The number of imidazole rings is 1. The highest BCUT2D eigenvalue weighted by Crippen LogP contribution is 2.23. The van der Waals surface area contributed by atoms with Crippen molar-refractivity contribution in [3.63, 3.8) is 0 Å². The van der Waals surface area contributed by atoms with Gasteiger partial charge < -0.3 is 14.4 Å². The Kier molecular flexibility index (Phi) is 5.94. The molecule has 3 rings (SSSR count). The van der Waals surface area contributed by atoms with Gasteiger partial charge in [-0.15, -0.1) is 0 Å². The zero-order chi connectivity index (χ0) is 18.5. The van der Waals surface area contributed by atoms with E-state index in [9.17, 15) is 5.11 Å². The van der Waals surface area contributed by atoms with Crippen LogP contribution in [0.4, 0.5) is 0 Å². The van der Waals surface area contributed by atoms with Gasteiger partial charge in [-0.3, -0.25) is 0 Å². The third kappa shape index (κ3) is 4.07. The highest BCUT2D eigenvalue weighted by molar-refractivity contribution is 5.75. The van der Waals surface area contributed by atoms with Gasteiger partial charge in [0.2, 0.25) is 0 Å². The molecule has 0 aliphatic rings. The Balaban J connectivity index is 1.60. The maximum absolute atomic E-state index is 10.0. The number of aromatic nitrogens is 2. The van der Waals surface area contributed by atoms with Crippen LogP contribution in [0.1, 0.15) is 57.0 Å². The fraction of sp³-hybridized carbons (Fsp3) is 0.409. The summed E-state index contributed by atoms with van der Waals surface area (Å²) in [7, 11) is 0. The van der Waals surface area contributed by atoms with Crippen molar-refractivity contribution in [1.82, 2.24) is 9.55 Å². The smallest absolute Gasteiger partial charge is 0.138 e. The summed E-state index contributed by atoms with van der Waals surface area (Å²) < 4.78 is 7.98. The molecule has 0 saturated heterocycles. The number of ether oxygens (including phenoxy) is 1. The van der Waals surface area contributed by atoms with Crippen LogP contribution in [-0.2, 0) is 6.54 Å². The molecule has 0 aliphatic heterocycles. The SMILES string of the molecule is CCC(C)c1ccc(OCCCn2c(C(C)O)nc3ccccc32)cc1. The Morgan fingerprint density at radius 2 is 1.81 bits per heavy atom. The zero-order valence-corrected chi connectivity index (χ0v) is 15.9. The molecule has 0 bridgehead atoms. The van der Waals surface area contributed by atoms with Crippen LogP contribution in [-0.4, -0.2) is 21.3 Å². The summed E-state index contributed by atoms with van der Waals surface area (Å²) in [4.78, 5) is 4.56. The molecule has 2 aromatic carbocycles. The first-order valence-electron chi connectivity index (χ1n) is 9.46. The average Bonchev–Trinajstić information content (AvgIpc) is 3.04. The van der Waals surface area contributed by atoms with Crippen molar-refractivity contribution in [2.45, 2.75) is 52.2 Å². The van der Waals surface area contributed by atoms with Crippen molar-refractivity contribution in [1.29, 1.82) is 0 Å². The first-order valence-corrected chi connectivity index (χ1v) is 9.46. The van der Waals surface area contributed by atoms with Crippen LogP contribution in [0.25, 0.3) is 11.0 Å². The van der Waals surface area contributed by atoms with Crippen LogP contribution >= 0.6 is 0 Å². The number of hydrogen-bond donors (Lipinski definition) is 1. The fourth-order valence-corrected chi connectivity index (χ4v) is 3.19. The third-order valence-electron chi connectivity index (χ3n) is 4.91. The van der Waals surface area contributed by atoms with Gasteiger partial charge in [0, 0.05) is 6.54 Å². The van der Waals surface area contributed by atoms with Crippen molar-refractivity contribution in [2.24, 2.45) is 0 Å². The molecule has 0 spiro atoms. The lowest BCUT2D eigenvalue weighted by atomic mass is 9.99. The highest BCUT2D eigenvalue weighted by atomic mass is 16.5. The summed E-state index contributed by atoms with van der Waals surface area (Å²) in [6.45, 7) is 7.61. The van der Waals surface area contributed by atoms with E-state index in [0.717, 1.165) is 36.2 Å². The van der Waals surface area contributed by atoms with E-state index in [1.165, 1.54) is 5.56 Å². The molecule has 0 fully saturated rings. The minimum Gasteiger partial charge on any atom is -0.494 e. The molecule has 138 valence electrons. The van der Waals surface area contributed by atoms with Crippen molar-refractivity contribution >= 4 is 11.0 Å². The number of benzene rings is 2. The van der Waals surface area contributed by atoms with Gasteiger partial charge in [0.15, 0.2) is 0 Å². The molecule has 1 N–H and O–H groups in total. The maximum atomic E-state index is 10.0. The molecule has 4 heteroatoms. The standard InChI is InChI=1S/C22H28N2O2/c1-4-16(2)18-10-12-19(13-11-18)26-15-7-14-24-21-9-6-5-8-20(21)23-22(24)17(3)25/h5-6,8-13,16-17,25H,4,7,14-15H2,1-3H3. The first-order chi connectivity index (χ1) is 12.6. The molecular weight excluding hydrogens is 324 g/mol. The van der Waals surface area contributed by atoms with E-state index < -0.39 is 6.10 Å². The second-order valence-corrected chi connectivity index (χ2v) is 6.87. The van der Waals surface area contributed by atoms with Crippen LogP contribution < -0.4 is 4.74 Å². The number of nitrogens with zero attached hydrogens (tertiary/aromatic N) is 2. The number of rotatable bonds is 8. The molecule has 26 heavy (non-hydrogen) atoms. The fourth-order valence-electron chi connectivity index (χ4n) is 3.19. The largest absolute Gasteiger partial charge is 0.494 e. The number of fused-ring (bicyclic) bond motifs is 1.